The molecule has 0 heterocycles. The lowest BCUT2D eigenvalue weighted by Gasteiger charge is -2.18. The van der Waals surface area contributed by atoms with Gasteiger partial charge in [-0.25, -0.2) is 0 Å². The number of benzene rings is 8. The molecule has 0 unspecified atom stereocenters. The fourth-order valence-corrected chi connectivity index (χ4v) is 4.66. The van der Waals surface area contributed by atoms with Crippen LogP contribution in [0.5, 0.6) is 0 Å². The predicted octanol–water partition coefficient (Wildman–Crippen LogP) is 11.8. The Hall–Kier alpha value is -5.46. The molecule has 0 atom stereocenters. The SMILES string of the molecule is [2H]c1c([2H])c([2H])c(-c2c([2H])c([2H])c([2H])c(-c3c4c([2H])c([2H])c([2H])c([2H])c4c(-c4c([2H])c([2H])c(-c5c([2H])c([2H])c([2H])c6c([2H])c([2H])c([2H])c([2H])c56)c([2H])c4[2H])c4c([2H])c([2H])c([2H])c([2H])c34)c2[2H])c([2H])c1[2H]. The summed E-state index contributed by atoms with van der Waals surface area (Å²) in [5.74, 6) is 0. The van der Waals surface area contributed by atoms with Crippen molar-refractivity contribution in [3.05, 3.63) is 169 Å². The second-order valence-corrected chi connectivity index (χ2v) is 8.75. The summed E-state index contributed by atoms with van der Waals surface area (Å²) in [6, 6.07) is -27.4. The topological polar surface area (TPSA) is 0 Å². The number of fused-ring (bicyclic) bond motifs is 3. The molecule has 0 N–H and O–H groups in total. The molecule has 0 amide bonds. The molecule has 196 valence electrons. The second kappa shape index (κ2) is 10.2. The highest BCUT2D eigenvalue weighted by molar-refractivity contribution is 6.21. The first-order chi connectivity index (χ1) is 32.5. The smallest absolute Gasteiger partial charge is 0.0622 e. The van der Waals surface area contributed by atoms with Crippen LogP contribution in [0.4, 0.5) is 0 Å². The molecule has 0 aliphatic carbocycles. The van der Waals surface area contributed by atoms with Crippen LogP contribution in [-0.2, 0) is 0 Å². The van der Waals surface area contributed by atoms with E-state index in [4.69, 9.17) is 24.7 Å². The van der Waals surface area contributed by atoms with Crippen LogP contribution in [-0.4, -0.2) is 0 Å². The monoisotopic (exact) mass is 560 g/mol. The summed E-state index contributed by atoms with van der Waals surface area (Å²) in [5, 5.41) is -4.35. The van der Waals surface area contributed by atoms with Gasteiger partial charge in [-0.2, -0.15) is 0 Å². The van der Waals surface area contributed by atoms with E-state index in [2.05, 4.69) is 0 Å². The molecule has 8 aromatic carbocycles. The Morgan fingerprint density at radius 2 is 0.738 bits per heavy atom. The second-order valence-electron chi connectivity index (χ2n) is 8.75. The van der Waals surface area contributed by atoms with Crippen molar-refractivity contribution in [2.75, 3.05) is 0 Å². The van der Waals surface area contributed by atoms with E-state index in [1.807, 2.05) is 0 Å². The van der Waals surface area contributed by atoms with Crippen molar-refractivity contribution in [2.24, 2.45) is 0 Å². The maximum absolute atomic E-state index is 9.54. The van der Waals surface area contributed by atoms with Crippen LogP contribution >= 0.6 is 0 Å². The summed E-state index contributed by atoms with van der Waals surface area (Å²) in [5.41, 5.74) is -6.51. The third-order valence-electron chi connectivity index (χ3n) is 6.44. The Bertz CT molecular complexity index is 3650. The zero-order valence-electron chi connectivity index (χ0n) is 49.0. The Kier molecular flexibility index (Phi) is 2.19. The van der Waals surface area contributed by atoms with Crippen LogP contribution < -0.4 is 0 Å². The minimum atomic E-state index is -1.11. The average molecular weight is 561 g/mol. The quantitative estimate of drug-likeness (QED) is 0.188. The molecule has 0 heteroatoms. The molecular formula is C42H28. The van der Waals surface area contributed by atoms with Crippen molar-refractivity contribution in [1.82, 2.24) is 0 Å². The van der Waals surface area contributed by atoms with Gasteiger partial charge in [0.25, 0.3) is 0 Å². The first-order valence-electron chi connectivity index (χ1n) is 26.2. The van der Waals surface area contributed by atoms with Crippen molar-refractivity contribution in [2.45, 2.75) is 0 Å². The fourth-order valence-electron chi connectivity index (χ4n) is 4.66. The van der Waals surface area contributed by atoms with Crippen LogP contribution in [0.2, 0.25) is 0 Å². The fraction of sp³-hybridized carbons (Fsp3) is 0. The van der Waals surface area contributed by atoms with E-state index < -0.39 is 246 Å². The summed E-state index contributed by atoms with van der Waals surface area (Å²) in [4.78, 5) is 0. The van der Waals surface area contributed by atoms with Crippen molar-refractivity contribution in [3.63, 3.8) is 0 Å². The Balaban J connectivity index is 1.67. The van der Waals surface area contributed by atoms with Gasteiger partial charge in [0.15, 0.2) is 0 Å². The molecule has 0 nitrogen and oxygen atoms in total. The van der Waals surface area contributed by atoms with E-state index in [1.165, 1.54) is 0 Å². The lowest BCUT2D eigenvalue weighted by Crippen LogP contribution is -1.91. The molecule has 0 aliphatic rings. The van der Waals surface area contributed by atoms with Gasteiger partial charge in [-0.1, -0.05) is 163 Å². The van der Waals surface area contributed by atoms with Gasteiger partial charge in [0.05, 0.1) is 38.4 Å². The van der Waals surface area contributed by atoms with Gasteiger partial charge < -0.3 is 0 Å². The van der Waals surface area contributed by atoms with E-state index in [-0.39, 0.29) is 0 Å². The minimum absolute atomic E-state index is 0.589. The van der Waals surface area contributed by atoms with Gasteiger partial charge in [0.2, 0.25) is 0 Å². The molecule has 0 aromatic heterocycles. The maximum Gasteiger partial charge on any atom is 0.0636 e. The van der Waals surface area contributed by atoms with E-state index >= 15 is 0 Å². The zero-order chi connectivity index (χ0) is 52.2. The van der Waals surface area contributed by atoms with E-state index in [0.29, 0.717) is 0 Å². The van der Waals surface area contributed by atoms with E-state index in [9.17, 15) is 13.7 Å². The maximum atomic E-state index is 9.54. The van der Waals surface area contributed by atoms with Crippen molar-refractivity contribution in [1.29, 1.82) is 0 Å². The Morgan fingerprint density at radius 1 is 0.286 bits per heavy atom. The van der Waals surface area contributed by atoms with Gasteiger partial charge in [-0.3, -0.25) is 0 Å². The van der Waals surface area contributed by atoms with Crippen LogP contribution in [0.3, 0.4) is 0 Å². The van der Waals surface area contributed by atoms with Crippen molar-refractivity contribution >= 4 is 32.3 Å². The standard InChI is InChI=1S/C42H28/c1-2-12-29(13-3-1)33-16-10-17-34(28-33)42-39-21-8-6-19-37(39)41(38-20-7-9-22-40(38)42)32-26-24-31(25-27-32)36-23-11-15-30-14-4-5-18-35(30)36/h1-28H/i1D,2D,3D,4D,5D,6D,7D,8D,9D,10D,11D,12D,13D,14D,15D,16D,17D,18D,19D,20D,21D,22D,23D,24D,25D,26D,27D,28D. The first kappa shape index (κ1) is 9.02. The number of hydrogen-bond acceptors (Lipinski definition) is 0. The molecule has 0 fully saturated rings. The largest absolute Gasteiger partial charge is 0.0636 e. The predicted molar refractivity (Wildman–Crippen MR) is 181 cm³/mol. The summed E-state index contributed by atoms with van der Waals surface area (Å²) < 4.78 is 248. The highest BCUT2D eigenvalue weighted by Gasteiger charge is 2.17. The highest BCUT2D eigenvalue weighted by Crippen LogP contribution is 2.44. The lowest BCUT2D eigenvalue weighted by molar-refractivity contribution is 1.61. The van der Waals surface area contributed by atoms with Gasteiger partial charge in [0, 0.05) is 0 Å². The molecule has 0 spiro atoms. The third kappa shape index (κ3) is 4.08. The molecule has 0 aliphatic heterocycles. The summed E-state index contributed by atoms with van der Waals surface area (Å²) in [6.07, 6.45) is 0. The van der Waals surface area contributed by atoms with Crippen LogP contribution in [0.25, 0.3) is 76.8 Å². The third-order valence-corrected chi connectivity index (χ3v) is 6.44. The highest BCUT2D eigenvalue weighted by atomic mass is 14.2. The molecule has 0 bridgehead atoms. The Morgan fingerprint density at radius 3 is 1.40 bits per heavy atom. The number of rotatable bonds is 4. The van der Waals surface area contributed by atoms with Crippen molar-refractivity contribution in [3.8, 4) is 44.5 Å². The van der Waals surface area contributed by atoms with E-state index in [1.54, 1.807) is 0 Å². The molecule has 0 radical (unpaired) electrons. The summed E-state index contributed by atoms with van der Waals surface area (Å²) in [6.45, 7) is 0. The van der Waals surface area contributed by atoms with Crippen molar-refractivity contribution < 1.29 is 38.4 Å². The van der Waals surface area contributed by atoms with Gasteiger partial charge in [-0.05, 0) is 82.9 Å². The minimum Gasteiger partial charge on any atom is -0.0622 e. The molecule has 8 rings (SSSR count). The molecule has 8 aromatic rings. The number of hydrogen-bond donors (Lipinski definition) is 0. The van der Waals surface area contributed by atoms with Crippen LogP contribution in [0.1, 0.15) is 38.4 Å². The molecule has 42 heavy (non-hydrogen) atoms. The normalized spacial score (nSPS) is 20.7. The van der Waals surface area contributed by atoms with Gasteiger partial charge in [0.1, 0.15) is 0 Å². The Labute approximate surface area is 285 Å². The average Bonchev–Trinajstić information content (AvgIpc) is 3.32. The molecular weight excluding hydrogens is 504 g/mol. The molecule has 0 saturated heterocycles. The van der Waals surface area contributed by atoms with Crippen LogP contribution in [0.15, 0.2) is 169 Å². The van der Waals surface area contributed by atoms with Crippen LogP contribution in [0, 0.1) is 0 Å². The first-order valence-corrected chi connectivity index (χ1v) is 12.2. The zero-order valence-corrected chi connectivity index (χ0v) is 21.0. The van der Waals surface area contributed by atoms with Gasteiger partial charge in [-0.15, -0.1) is 0 Å². The summed E-state index contributed by atoms with van der Waals surface area (Å²) in [7, 11) is 0. The summed E-state index contributed by atoms with van der Waals surface area (Å²) >= 11 is 0. The van der Waals surface area contributed by atoms with Gasteiger partial charge >= 0.3 is 0 Å². The van der Waals surface area contributed by atoms with E-state index in [0.717, 1.165) is 0 Å². The molecule has 0 saturated carbocycles. The lowest BCUT2D eigenvalue weighted by atomic mass is 9.85.